The molecule has 0 unspecified atom stereocenters. The van der Waals surface area contributed by atoms with Gasteiger partial charge in [0.25, 0.3) is 0 Å². The molecule has 0 atom stereocenters. The molecule has 16 heteroatoms. The number of halogens is 2. The number of aliphatic hydroxyl groups excluding tert-OH is 1. The van der Waals surface area contributed by atoms with Crippen molar-refractivity contribution < 1.29 is 56.1 Å². The van der Waals surface area contributed by atoms with Crippen LogP contribution in [0.5, 0.6) is 0 Å². The monoisotopic (exact) mass is 634 g/mol. The maximum absolute atomic E-state index is 11.6. The third kappa shape index (κ3) is 26.8. The smallest absolute Gasteiger partial charge is 0.335 e. The molecule has 38 heavy (non-hydrogen) atoms. The average molecular weight is 635 g/mol. The fourth-order valence-electron chi connectivity index (χ4n) is 1.59. The zero-order valence-corrected chi connectivity index (χ0v) is 26.0. The Hall–Kier alpha value is -0.780. The molecule has 0 radical (unpaired) electrons. The summed E-state index contributed by atoms with van der Waals surface area (Å²) in [5, 5.41) is 8.33. The highest BCUT2D eigenvalue weighted by Crippen LogP contribution is 2.46. The minimum absolute atomic E-state index is 0. The van der Waals surface area contributed by atoms with E-state index in [0.717, 1.165) is 0 Å². The van der Waals surface area contributed by atoms with E-state index in [1.807, 2.05) is 0 Å². The van der Waals surface area contributed by atoms with E-state index in [9.17, 15) is 18.7 Å². The van der Waals surface area contributed by atoms with E-state index in [-0.39, 0.29) is 51.0 Å². The Morgan fingerprint density at radius 1 is 0.789 bits per heavy atom. The minimum atomic E-state index is -3.05. The lowest BCUT2D eigenvalue weighted by atomic mass is 10.3. The first-order valence-corrected chi connectivity index (χ1v) is 15.4. The molecule has 0 saturated heterocycles. The van der Waals surface area contributed by atoms with Crippen LogP contribution in [-0.2, 0) is 51.0 Å². The van der Waals surface area contributed by atoms with Gasteiger partial charge in [-0.1, -0.05) is 20.6 Å². The van der Waals surface area contributed by atoms with Crippen LogP contribution in [0.2, 0.25) is 0 Å². The zero-order valence-electron chi connectivity index (χ0n) is 22.7. The highest BCUT2D eigenvalue weighted by atomic mass is 35.5. The van der Waals surface area contributed by atoms with E-state index in [1.165, 1.54) is 34.8 Å². The number of ether oxygens (including phenoxy) is 3. The molecule has 0 aromatic rings. The first-order valence-electron chi connectivity index (χ1n) is 10.6. The van der Waals surface area contributed by atoms with Crippen LogP contribution in [0, 0.1) is 0 Å². The number of hydrogen-bond donors (Lipinski definition) is 1. The molecular formula is C22H46Cl2O12P2. The van der Waals surface area contributed by atoms with E-state index < -0.39 is 27.1 Å². The van der Waals surface area contributed by atoms with Crippen molar-refractivity contribution in [3.05, 3.63) is 24.3 Å². The summed E-state index contributed by atoms with van der Waals surface area (Å²) in [4.78, 5) is 21.7. The second kappa shape index (κ2) is 30.8. The number of aliphatic hydroxyl groups is 1. The number of carbonyl (C=O) groups excluding carboxylic acids is 2. The SMILES string of the molecule is C.C=C(CCl)C(=O)OCC.C=C(COCCP(=O)(OC)OC)C(=O)OCC.CCl.COP(=O)(CCO)OC. The minimum Gasteiger partial charge on any atom is -0.463 e. The molecule has 12 nitrogen and oxygen atoms in total. The molecule has 0 saturated carbocycles. The van der Waals surface area contributed by atoms with Crippen LogP contribution < -0.4 is 0 Å². The van der Waals surface area contributed by atoms with Crippen LogP contribution in [0.15, 0.2) is 24.3 Å². The lowest BCUT2D eigenvalue weighted by Crippen LogP contribution is -2.13. The predicted octanol–water partition coefficient (Wildman–Crippen LogP) is 4.91. The highest BCUT2D eigenvalue weighted by molar-refractivity contribution is 7.54. The van der Waals surface area contributed by atoms with Crippen molar-refractivity contribution in [1.29, 1.82) is 0 Å². The third-order valence-corrected chi connectivity index (χ3v) is 7.59. The van der Waals surface area contributed by atoms with Gasteiger partial charge in [-0.2, -0.15) is 0 Å². The van der Waals surface area contributed by atoms with Crippen LogP contribution in [0.1, 0.15) is 21.3 Å². The number of carbonyl (C=O) groups is 2. The summed E-state index contributed by atoms with van der Waals surface area (Å²) in [5.41, 5.74) is 0.523. The first kappa shape index (κ1) is 47.0. The molecule has 230 valence electrons. The van der Waals surface area contributed by atoms with Gasteiger partial charge in [0.05, 0.1) is 56.8 Å². The maximum atomic E-state index is 11.6. The largest absolute Gasteiger partial charge is 0.463 e. The molecule has 0 fully saturated rings. The van der Waals surface area contributed by atoms with Crippen LogP contribution in [0.25, 0.3) is 0 Å². The summed E-state index contributed by atoms with van der Waals surface area (Å²) in [7, 11) is -0.782. The standard InChI is InChI=1S/C10H19O6P.C6H9ClO2.C4H11O4P.CH3Cl.CH4/c1-5-16-10(11)9(2)8-15-6-7-17(12,13-3)14-4;1-3-9-6(8)5(2)4-7;1-7-9(6,8-2)4-3-5;1-2;/h2,5-8H2,1,3-4H3;2-4H2,1H3;5H,3-4H2,1-2H3;1H3;1H4. The molecule has 0 rings (SSSR count). The number of alkyl halides is 2. The Kier molecular flexibility index (Phi) is 38.1. The highest BCUT2D eigenvalue weighted by Gasteiger charge is 2.20. The molecule has 0 amide bonds. The Labute approximate surface area is 237 Å². The van der Waals surface area contributed by atoms with Crippen molar-refractivity contribution in [3.63, 3.8) is 0 Å². The molecule has 0 aromatic carbocycles. The van der Waals surface area contributed by atoms with E-state index in [4.69, 9.17) is 35.2 Å². The van der Waals surface area contributed by atoms with Crippen molar-refractivity contribution in [3.8, 4) is 0 Å². The summed E-state index contributed by atoms with van der Waals surface area (Å²) in [6, 6.07) is 0. The molecule has 0 aliphatic heterocycles. The van der Waals surface area contributed by atoms with Crippen molar-refractivity contribution in [1.82, 2.24) is 0 Å². The van der Waals surface area contributed by atoms with Gasteiger partial charge in [-0.25, -0.2) is 9.59 Å². The van der Waals surface area contributed by atoms with Crippen LogP contribution in [0.3, 0.4) is 0 Å². The molecule has 0 aliphatic carbocycles. The van der Waals surface area contributed by atoms with E-state index >= 15 is 0 Å². The predicted molar refractivity (Wildman–Crippen MR) is 152 cm³/mol. The molecule has 1 N–H and O–H groups in total. The van der Waals surface area contributed by atoms with Gasteiger partial charge >= 0.3 is 27.1 Å². The molecule has 0 aliphatic rings. The number of esters is 2. The molecule has 0 aromatic heterocycles. The second-order valence-electron chi connectivity index (χ2n) is 5.96. The summed E-state index contributed by atoms with van der Waals surface area (Å²) in [5.74, 6) is -0.764. The number of hydrogen-bond acceptors (Lipinski definition) is 12. The van der Waals surface area contributed by atoms with Gasteiger partial charge in [-0.05, 0) is 13.8 Å². The van der Waals surface area contributed by atoms with Gasteiger partial charge < -0.3 is 37.4 Å². The van der Waals surface area contributed by atoms with Gasteiger partial charge in [0, 0.05) is 40.4 Å². The molecule has 0 spiro atoms. The first-order chi connectivity index (χ1) is 17.4. The quantitative estimate of drug-likeness (QED) is 0.0806. The fourth-order valence-corrected chi connectivity index (χ4v) is 3.32. The second-order valence-corrected chi connectivity index (χ2v) is 11.0. The van der Waals surface area contributed by atoms with Gasteiger partial charge in [0.1, 0.15) is 0 Å². The summed E-state index contributed by atoms with van der Waals surface area (Å²) in [6.07, 6.45) is 1.65. The van der Waals surface area contributed by atoms with Gasteiger partial charge in [0.2, 0.25) is 0 Å². The average Bonchev–Trinajstić information content (AvgIpc) is 2.92. The van der Waals surface area contributed by atoms with E-state index in [2.05, 4.69) is 38.5 Å². The van der Waals surface area contributed by atoms with Gasteiger partial charge in [-0.3, -0.25) is 9.13 Å². The Morgan fingerprint density at radius 3 is 1.45 bits per heavy atom. The van der Waals surface area contributed by atoms with Gasteiger partial charge in [-0.15, -0.1) is 23.2 Å². The topological polar surface area (TPSA) is 153 Å². The summed E-state index contributed by atoms with van der Waals surface area (Å²) >= 11 is 9.92. The van der Waals surface area contributed by atoms with Crippen molar-refractivity contribution >= 4 is 50.3 Å². The lowest BCUT2D eigenvalue weighted by molar-refractivity contribution is -0.139. The van der Waals surface area contributed by atoms with E-state index in [1.54, 1.807) is 13.8 Å². The lowest BCUT2D eigenvalue weighted by Gasteiger charge is -2.13. The maximum Gasteiger partial charge on any atom is 0.335 e. The van der Waals surface area contributed by atoms with Crippen LogP contribution in [0.4, 0.5) is 0 Å². The molecular weight excluding hydrogens is 589 g/mol. The fraction of sp³-hybridized carbons (Fsp3) is 0.727. The van der Waals surface area contributed by atoms with Gasteiger partial charge in [0.15, 0.2) is 0 Å². The van der Waals surface area contributed by atoms with Crippen LogP contribution in [-0.4, -0.2) is 103 Å². The number of rotatable bonds is 16. The normalized spacial score (nSPS) is 10.1. The van der Waals surface area contributed by atoms with Crippen molar-refractivity contribution in [2.24, 2.45) is 0 Å². The summed E-state index contributed by atoms with van der Waals surface area (Å²) < 4.78 is 55.4. The molecule has 0 heterocycles. The third-order valence-electron chi connectivity index (χ3n) is 3.56. The zero-order chi connectivity index (χ0) is 29.9. The van der Waals surface area contributed by atoms with E-state index in [0.29, 0.717) is 18.8 Å². The van der Waals surface area contributed by atoms with Crippen molar-refractivity contribution in [2.45, 2.75) is 21.3 Å². The Balaban J connectivity index is -0.000000148. The Bertz CT molecular complexity index is 704. The summed E-state index contributed by atoms with van der Waals surface area (Å²) in [6.45, 7) is 11.0. The molecule has 0 bridgehead atoms. The van der Waals surface area contributed by atoms with Crippen LogP contribution >= 0.6 is 38.4 Å². The van der Waals surface area contributed by atoms with Crippen molar-refractivity contribution in [2.75, 3.05) is 86.1 Å². The Morgan fingerprint density at radius 2 is 1.16 bits per heavy atom.